The summed E-state index contributed by atoms with van der Waals surface area (Å²) in [4.78, 5) is 10.9. The topological polar surface area (TPSA) is 66.8 Å². The minimum absolute atomic E-state index is 0.122. The number of benzene rings is 1. The minimum atomic E-state index is -1.15. The first kappa shape index (κ1) is 17.3. The van der Waals surface area contributed by atoms with E-state index in [0.29, 0.717) is 12.4 Å². The molecule has 4 heteroatoms. The fourth-order valence-electron chi connectivity index (χ4n) is 2.20. The molecule has 0 saturated heterocycles. The van der Waals surface area contributed by atoms with Crippen molar-refractivity contribution in [2.75, 3.05) is 6.61 Å². The van der Waals surface area contributed by atoms with Crippen LogP contribution in [-0.2, 0) is 0 Å². The van der Waals surface area contributed by atoms with E-state index in [1.165, 1.54) is 50.7 Å². The third-order valence-electron chi connectivity index (χ3n) is 3.47. The Morgan fingerprint density at radius 1 is 1.05 bits per heavy atom. The molecule has 0 radical (unpaired) electrons. The molecule has 0 unspecified atom stereocenters. The van der Waals surface area contributed by atoms with Crippen LogP contribution in [0.5, 0.6) is 11.5 Å². The Labute approximate surface area is 126 Å². The molecule has 0 amide bonds. The van der Waals surface area contributed by atoms with Gasteiger partial charge in [-0.2, -0.15) is 0 Å². The van der Waals surface area contributed by atoms with Gasteiger partial charge in [0.1, 0.15) is 17.1 Å². The average molecular weight is 294 g/mol. The van der Waals surface area contributed by atoms with Gasteiger partial charge >= 0.3 is 5.97 Å². The van der Waals surface area contributed by atoms with Crippen molar-refractivity contribution >= 4 is 5.97 Å². The smallest absolute Gasteiger partial charge is 0.339 e. The van der Waals surface area contributed by atoms with Crippen LogP contribution >= 0.6 is 0 Å². The van der Waals surface area contributed by atoms with Crippen molar-refractivity contribution in [3.63, 3.8) is 0 Å². The number of ether oxygens (including phenoxy) is 1. The summed E-state index contributed by atoms with van der Waals surface area (Å²) in [5.74, 6) is -0.889. The monoisotopic (exact) mass is 294 g/mol. The molecule has 118 valence electrons. The molecule has 0 spiro atoms. The van der Waals surface area contributed by atoms with Gasteiger partial charge in [-0.1, -0.05) is 51.9 Å². The van der Waals surface area contributed by atoms with Gasteiger partial charge < -0.3 is 14.9 Å². The van der Waals surface area contributed by atoms with Gasteiger partial charge in [0, 0.05) is 0 Å². The number of hydrogen-bond acceptors (Lipinski definition) is 3. The van der Waals surface area contributed by atoms with Crippen molar-refractivity contribution in [1.82, 2.24) is 0 Å². The second kappa shape index (κ2) is 10.1. The Kier molecular flexibility index (Phi) is 8.32. The summed E-state index contributed by atoms with van der Waals surface area (Å²) in [6.45, 7) is 2.80. The maximum absolute atomic E-state index is 10.9. The number of aromatic carboxylic acids is 1. The molecule has 0 aromatic heterocycles. The van der Waals surface area contributed by atoms with Crippen molar-refractivity contribution in [3.8, 4) is 11.5 Å². The van der Waals surface area contributed by atoms with E-state index in [1.54, 1.807) is 6.07 Å². The summed E-state index contributed by atoms with van der Waals surface area (Å²) in [6, 6.07) is 4.31. The summed E-state index contributed by atoms with van der Waals surface area (Å²) < 4.78 is 5.52. The number of hydrogen-bond donors (Lipinski definition) is 2. The molecule has 0 aliphatic heterocycles. The van der Waals surface area contributed by atoms with Gasteiger partial charge in [-0.25, -0.2) is 4.79 Å². The predicted octanol–water partition coefficient (Wildman–Crippen LogP) is 4.61. The lowest BCUT2D eigenvalue weighted by atomic mass is 10.1. The van der Waals surface area contributed by atoms with Crippen molar-refractivity contribution in [1.29, 1.82) is 0 Å². The number of phenols is 1. The van der Waals surface area contributed by atoms with E-state index in [9.17, 15) is 9.90 Å². The van der Waals surface area contributed by atoms with Gasteiger partial charge in [0.15, 0.2) is 0 Å². The Morgan fingerprint density at radius 2 is 1.67 bits per heavy atom. The molecule has 0 aliphatic carbocycles. The van der Waals surface area contributed by atoms with Gasteiger partial charge in [-0.15, -0.1) is 0 Å². The molecule has 1 rings (SSSR count). The van der Waals surface area contributed by atoms with Crippen LogP contribution in [-0.4, -0.2) is 22.8 Å². The third kappa shape index (κ3) is 7.02. The zero-order valence-electron chi connectivity index (χ0n) is 12.8. The summed E-state index contributed by atoms with van der Waals surface area (Å²) in [5, 5.41) is 18.3. The lowest BCUT2D eigenvalue weighted by Gasteiger charge is -2.08. The fraction of sp³-hybridized carbons (Fsp3) is 0.588. The number of rotatable bonds is 11. The van der Waals surface area contributed by atoms with Crippen molar-refractivity contribution in [2.24, 2.45) is 0 Å². The Hall–Kier alpha value is -1.71. The van der Waals surface area contributed by atoms with Crippen LogP contribution in [0.2, 0.25) is 0 Å². The largest absolute Gasteiger partial charge is 0.507 e. The first-order valence-electron chi connectivity index (χ1n) is 7.84. The standard InChI is InChI=1S/C17H26O4/c1-2-3-4-5-6-7-8-9-12-21-14-10-11-16(18)15(13-14)17(19)20/h10-11,13,18H,2-9,12H2,1H3,(H,19,20). The average Bonchev–Trinajstić information content (AvgIpc) is 2.47. The van der Waals surface area contributed by atoms with Crippen LogP contribution in [0, 0.1) is 0 Å². The van der Waals surface area contributed by atoms with Gasteiger partial charge in [0.05, 0.1) is 6.61 Å². The zero-order valence-corrected chi connectivity index (χ0v) is 12.8. The number of unbranched alkanes of at least 4 members (excludes halogenated alkanes) is 7. The van der Waals surface area contributed by atoms with Crippen LogP contribution in [0.15, 0.2) is 18.2 Å². The molecule has 2 N–H and O–H groups in total. The molecular formula is C17H26O4. The second-order valence-electron chi connectivity index (χ2n) is 5.31. The van der Waals surface area contributed by atoms with E-state index in [1.807, 2.05) is 0 Å². The zero-order chi connectivity index (χ0) is 15.5. The van der Waals surface area contributed by atoms with Crippen molar-refractivity contribution in [2.45, 2.75) is 58.3 Å². The van der Waals surface area contributed by atoms with Crippen LogP contribution in [0.4, 0.5) is 0 Å². The minimum Gasteiger partial charge on any atom is -0.507 e. The first-order chi connectivity index (χ1) is 10.1. The van der Waals surface area contributed by atoms with Gasteiger partial charge in [-0.3, -0.25) is 0 Å². The lowest BCUT2D eigenvalue weighted by molar-refractivity contribution is 0.0693. The van der Waals surface area contributed by atoms with E-state index in [4.69, 9.17) is 9.84 Å². The van der Waals surface area contributed by atoms with Crippen LogP contribution in [0.1, 0.15) is 68.6 Å². The fourth-order valence-corrected chi connectivity index (χ4v) is 2.20. The van der Waals surface area contributed by atoms with E-state index < -0.39 is 5.97 Å². The number of carbonyl (C=O) groups is 1. The SMILES string of the molecule is CCCCCCCCCCOc1ccc(O)c(C(=O)O)c1. The number of carboxylic acid groups (broad SMARTS) is 1. The summed E-state index contributed by atoms with van der Waals surface area (Å²) in [5.41, 5.74) is -0.122. The van der Waals surface area contributed by atoms with E-state index in [2.05, 4.69) is 6.92 Å². The summed E-state index contributed by atoms with van der Waals surface area (Å²) >= 11 is 0. The molecule has 0 saturated carbocycles. The normalized spacial score (nSPS) is 10.5. The predicted molar refractivity (Wildman–Crippen MR) is 83.2 cm³/mol. The number of aromatic hydroxyl groups is 1. The first-order valence-corrected chi connectivity index (χ1v) is 7.84. The van der Waals surface area contributed by atoms with Crippen molar-refractivity contribution < 1.29 is 19.7 Å². The molecular weight excluding hydrogens is 268 g/mol. The second-order valence-corrected chi connectivity index (χ2v) is 5.31. The Bertz CT molecular complexity index is 429. The quantitative estimate of drug-likeness (QED) is 0.585. The summed E-state index contributed by atoms with van der Waals surface area (Å²) in [7, 11) is 0. The van der Waals surface area contributed by atoms with E-state index in [-0.39, 0.29) is 11.3 Å². The third-order valence-corrected chi connectivity index (χ3v) is 3.47. The molecule has 0 bridgehead atoms. The molecule has 21 heavy (non-hydrogen) atoms. The molecule has 0 heterocycles. The van der Waals surface area contributed by atoms with E-state index in [0.717, 1.165) is 12.8 Å². The van der Waals surface area contributed by atoms with Gasteiger partial charge in [-0.05, 0) is 24.6 Å². The van der Waals surface area contributed by atoms with Crippen LogP contribution < -0.4 is 4.74 Å². The molecule has 0 fully saturated rings. The number of carboxylic acids is 1. The van der Waals surface area contributed by atoms with Crippen molar-refractivity contribution in [3.05, 3.63) is 23.8 Å². The highest BCUT2D eigenvalue weighted by Crippen LogP contribution is 2.23. The Morgan fingerprint density at radius 3 is 2.29 bits per heavy atom. The van der Waals surface area contributed by atoms with Crippen LogP contribution in [0.25, 0.3) is 0 Å². The molecule has 1 aromatic carbocycles. The highest BCUT2D eigenvalue weighted by Gasteiger charge is 2.10. The van der Waals surface area contributed by atoms with E-state index >= 15 is 0 Å². The highest BCUT2D eigenvalue weighted by molar-refractivity contribution is 5.91. The molecule has 1 aromatic rings. The molecule has 0 aliphatic rings. The Balaban J connectivity index is 2.16. The maximum atomic E-state index is 10.9. The highest BCUT2D eigenvalue weighted by atomic mass is 16.5. The maximum Gasteiger partial charge on any atom is 0.339 e. The van der Waals surface area contributed by atoms with Crippen LogP contribution in [0.3, 0.4) is 0 Å². The summed E-state index contributed by atoms with van der Waals surface area (Å²) in [6.07, 6.45) is 9.86. The van der Waals surface area contributed by atoms with Gasteiger partial charge in [0.2, 0.25) is 0 Å². The molecule has 0 atom stereocenters. The lowest BCUT2D eigenvalue weighted by Crippen LogP contribution is -2.01. The molecule has 4 nitrogen and oxygen atoms in total. The van der Waals surface area contributed by atoms with Gasteiger partial charge in [0.25, 0.3) is 0 Å².